The number of hydrogen-bond donors (Lipinski definition) is 0. The van der Waals surface area contributed by atoms with Gasteiger partial charge in [0.05, 0.1) is 45.9 Å². The Bertz CT molecular complexity index is 362. The first-order valence-corrected chi connectivity index (χ1v) is 5.56. The number of quaternary nitrogens is 1. The lowest BCUT2D eigenvalue weighted by molar-refractivity contribution is -0.870. The molecule has 4 heteroatoms. The average molecular weight is 345 g/mol. The van der Waals surface area contributed by atoms with Crippen molar-refractivity contribution in [1.29, 1.82) is 0 Å². The van der Waals surface area contributed by atoms with Crippen molar-refractivity contribution in [3.8, 4) is 0 Å². The number of para-hydroxylation sites is 1. The zero-order valence-corrected chi connectivity index (χ0v) is 12.9. The van der Waals surface area contributed by atoms with E-state index in [9.17, 15) is 0 Å². The van der Waals surface area contributed by atoms with E-state index in [2.05, 4.69) is 37.1 Å². The standard InChI is InChI=1S/C13H20N3.HI/c1-16(2,3)11-7-10-14-12-15-13-8-5-4-6-9-13;/h4-6,8-9H,7,10-11H2,1-3H3;1H/q+1;/p-1. The summed E-state index contributed by atoms with van der Waals surface area (Å²) in [5.41, 5.74) is 0.901. The Morgan fingerprint density at radius 3 is 2.35 bits per heavy atom. The number of rotatable bonds is 5. The van der Waals surface area contributed by atoms with Gasteiger partial charge in [-0.1, -0.05) is 18.2 Å². The summed E-state index contributed by atoms with van der Waals surface area (Å²) in [6, 6.07) is 12.5. The lowest BCUT2D eigenvalue weighted by Crippen LogP contribution is -3.00. The lowest BCUT2D eigenvalue weighted by Gasteiger charge is -2.22. The van der Waals surface area contributed by atoms with Crippen LogP contribution in [0.1, 0.15) is 6.42 Å². The van der Waals surface area contributed by atoms with Crippen LogP contribution in [-0.2, 0) is 0 Å². The monoisotopic (exact) mass is 345 g/mol. The van der Waals surface area contributed by atoms with E-state index in [0.717, 1.165) is 29.7 Å². The van der Waals surface area contributed by atoms with Crippen molar-refractivity contribution in [1.82, 2.24) is 0 Å². The topological polar surface area (TPSA) is 24.7 Å². The summed E-state index contributed by atoms with van der Waals surface area (Å²) in [5.74, 6) is 0. The van der Waals surface area contributed by atoms with Gasteiger partial charge in [-0.25, -0.2) is 4.99 Å². The SMILES string of the molecule is C[N+](C)(C)CCCN=C=Nc1ccccc1.[I-]. The summed E-state index contributed by atoms with van der Waals surface area (Å²) in [6.45, 7) is 1.92. The minimum Gasteiger partial charge on any atom is -1.00 e. The Morgan fingerprint density at radius 1 is 1.12 bits per heavy atom. The predicted molar refractivity (Wildman–Crippen MR) is 68.3 cm³/mol. The molecule has 17 heavy (non-hydrogen) atoms. The Labute approximate surface area is 121 Å². The van der Waals surface area contributed by atoms with Crippen molar-refractivity contribution in [2.24, 2.45) is 9.98 Å². The Balaban J connectivity index is 0.00000256. The minimum absolute atomic E-state index is 0. The third kappa shape index (κ3) is 9.03. The van der Waals surface area contributed by atoms with Gasteiger partial charge < -0.3 is 28.5 Å². The summed E-state index contributed by atoms with van der Waals surface area (Å²) in [6.07, 6.45) is 1.07. The maximum Gasteiger partial charge on any atom is 0.0948 e. The van der Waals surface area contributed by atoms with Gasteiger partial charge in [0.1, 0.15) is 0 Å². The number of nitrogens with zero attached hydrogens (tertiary/aromatic N) is 3. The van der Waals surface area contributed by atoms with E-state index in [1.54, 1.807) is 0 Å². The van der Waals surface area contributed by atoms with E-state index < -0.39 is 0 Å². The van der Waals surface area contributed by atoms with Crippen molar-refractivity contribution >= 4 is 11.7 Å². The number of aliphatic imine (C=N–C) groups is 2. The zero-order chi connectivity index (χ0) is 11.9. The van der Waals surface area contributed by atoms with Crippen LogP contribution in [0.25, 0.3) is 0 Å². The molecule has 0 heterocycles. The van der Waals surface area contributed by atoms with Crippen LogP contribution in [0.3, 0.4) is 0 Å². The molecule has 0 fully saturated rings. The fourth-order valence-electron chi connectivity index (χ4n) is 1.27. The molecule has 1 aromatic carbocycles. The van der Waals surface area contributed by atoms with Crippen LogP contribution >= 0.6 is 0 Å². The first kappa shape index (κ1) is 16.3. The minimum atomic E-state index is 0. The van der Waals surface area contributed by atoms with E-state index in [1.165, 1.54) is 0 Å². The molecule has 0 amide bonds. The van der Waals surface area contributed by atoms with Gasteiger partial charge in [-0.3, -0.25) is 0 Å². The highest BCUT2D eigenvalue weighted by molar-refractivity contribution is 5.51. The molecule has 0 spiro atoms. The second-order valence-corrected chi connectivity index (χ2v) is 4.80. The van der Waals surface area contributed by atoms with Crippen molar-refractivity contribution in [3.05, 3.63) is 30.3 Å². The third-order valence-electron chi connectivity index (χ3n) is 2.10. The summed E-state index contributed by atoms with van der Waals surface area (Å²) in [4.78, 5) is 8.26. The molecule has 0 saturated heterocycles. The van der Waals surface area contributed by atoms with Gasteiger partial charge in [0.15, 0.2) is 0 Å². The molecule has 94 valence electrons. The molecule has 1 aromatic rings. The molecule has 0 aromatic heterocycles. The summed E-state index contributed by atoms with van der Waals surface area (Å²) < 4.78 is 0.978. The smallest absolute Gasteiger partial charge is 0.0948 e. The second kappa shape index (κ2) is 8.39. The highest BCUT2D eigenvalue weighted by atomic mass is 127. The Kier molecular flexibility index (Phi) is 8.04. The largest absolute Gasteiger partial charge is 1.00 e. The second-order valence-electron chi connectivity index (χ2n) is 4.80. The van der Waals surface area contributed by atoms with Gasteiger partial charge >= 0.3 is 0 Å². The number of benzene rings is 1. The van der Waals surface area contributed by atoms with Gasteiger partial charge in [0, 0.05) is 6.42 Å². The maximum absolute atomic E-state index is 4.14. The van der Waals surface area contributed by atoms with E-state index in [-0.39, 0.29) is 24.0 Å². The fourth-order valence-corrected chi connectivity index (χ4v) is 1.27. The summed E-state index contributed by atoms with van der Waals surface area (Å²) in [5, 5.41) is 0. The molecule has 1 rings (SSSR count). The van der Waals surface area contributed by atoms with Crippen LogP contribution in [0.15, 0.2) is 40.3 Å². The number of halogens is 1. The van der Waals surface area contributed by atoms with Crippen LogP contribution in [0.2, 0.25) is 0 Å². The van der Waals surface area contributed by atoms with Crippen LogP contribution in [0, 0.1) is 0 Å². The summed E-state index contributed by atoms with van der Waals surface area (Å²) in [7, 11) is 6.55. The molecule has 0 aliphatic carbocycles. The van der Waals surface area contributed by atoms with Crippen LogP contribution < -0.4 is 24.0 Å². The average Bonchev–Trinajstić information content (AvgIpc) is 2.23. The normalized spacial score (nSPS) is 10.1. The first-order chi connectivity index (χ1) is 7.58. The molecule has 0 bridgehead atoms. The van der Waals surface area contributed by atoms with Gasteiger partial charge in [0.25, 0.3) is 0 Å². The van der Waals surface area contributed by atoms with Gasteiger partial charge in [0.2, 0.25) is 0 Å². The highest BCUT2D eigenvalue weighted by Gasteiger charge is 2.04. The zero-order valence-electron chi connectivity index (χ0n) is 10.7. The maximum atomic E-state index is 4.14. The molecule has 0 unspecified atom stereocenters. The molecular formula is C13H20IN3. The molecule has 0 aliphatic heterocycles. The fraction of sp³-hybridized carbons (Fsp3) is 0.462. The van der Waals surface area contributed by atoms with E-state index >= 15 is 0 Å². The first-order valence-electron chi connectivity index (χ1n) is 5.56. The Morgan fingerprint density at radius 2 is 1.76 bits per heavy atom. The molecule has 0 atom stereocenters. The summed E-state index contributed by atoms with van der Waals surface area (Å²) >= 11 is 0. The van der Waals surface area contributed by atoms with Crippen molar-refractivity contribution < 1.29 is 28.5 Å². The molecule has 0 saturated carbocycles. The Hall–Kier alpha value is -0.710. The molecular weight excluding hydrogens is 325 g/mol. The van der Waals surface area contributed by atoms with Crippen molar-refractivity contribution in [3.63, 3.8) is 0 Å². The van der Waals surface area contributed by atoms with E-state index in [1.807, 2.05) is 30.3 Å². The van der Waals surface area contributed by atoms with Crippen LogP contribution in [0.5, 0.6) is 0 Å². The quantitative estimate of drug-likeness (QED) is 0.300. The van der Waals surface area contributed by atoms with Crippen molar-refractivity contribution in [2.45, 2.75) is 6.42 Å². The molecule has 0 radical (unpaired) electrons. The number of hydrogen-bond acceptors (Lipinski definition) is 2. The van der Waals surface area contributed by atoms with E-state index in [0.29, 0.717) is 0 Å². The van der Waals surface area contributed by atoms with Crippen LogP contribution in [0.4, 0.5) is 5.69 Å². The van der Waals surface area contributed by atoms with E-state index in [4.69, 9.17) is 0 Å². The van der Waals surface area contributed by atoms with Crippen LogP contribution in [-0.4, -0.2) is 44.7 Å². The lowest BCUT2D eigenvalue weighted by atomic mass is 10.3. The van der Waals surface area contributed by atoms with Gasteiger partial charge in [-0.15, -0.1) is 0 Å². The highest BCUT2D eigenvalue weighted by Crippen LogP contribution is 2.07. The molecule has 3 nitrogen and oxygen atoms in total. The van der Waals surface area contributed by atoms with Crippen molar-refractivity contribution in [2.75, 3.05) is 34.2 Å². The third-order valence-corrected chi connectivity index (χ3v) is 2.10. The van der Waals surface area contributed by atoms with Gasteiger partial charge in [-0.2, -0.15) is 4.99 Å². The molecule has 0 aliphatic rings. The predicted octanol–water partition coefficient (Wildman–Crippen LogP) is -0.408. The van der Waals surface area contributed by atoms with Gasteiger partial charge in [-0.05, 0) is 12.1 Å². The molecule has 0 N–H and O–H groups in total.